The van der Waals surface area contributed by atoms with Crippen LogP contribution in [0.4, 0.5) is 4.39 Å². The monoisotopic (exact) mass is 287 g/mol. The summed E-state index contributed by atoms with van der Waals surface area (Å²) < 4.78 is 24.4. The molecule has 1 fully saturated rings. The second kappa shape index (κ2) is 6.14. The number of benzene rings is 2. The van der Waals surface area contributed by atoms with Gasteiger partial charge >= 0.3 is 0 Å². The predicted molar refractivity (Wildman–Crippen MR) is 79.3 cm³/mol. The van der Waals surface area contributed by atoms with E-state index in [0.29, 0.717) is 24.1 Å². The van der Waals surface area contributed by atoms with Crippen LogP contribution >= 0.6 is 0 Å². The first-order valence-corrected chi connectivity index (χ1v) is 7.08. The van der Waals surface area contributed by atoms with E-state index in [9.17, 15) is 4.39 Å². The third-order valence-corrected chi connectivity index (χ3v) is 3.47. The van der Waals surface area contributed by atoms with Crippen LogP contribution in [0.5, 0.6) is 17.2 Å². The Morgan fingerprint density at radius 3 is 2.48 bits per heavy atom. The van der Waals surface area contributed by atoms with Gasteiger partial charge in [0.25, 0.3) is 0 Å². The van der Waals surface area contributed by atoms with Crippen molar-refractivity contribution in [2.45, 2.75) is 25.4 Å². The van der Waals surface area contributed by atoms with Crippen LogP contribution < -0.4 is 14.8 Å². The van der Waals surface area contributed by atoms with Gasteiger partial charge in [-0.3, -0.25) is 0 Å². The van der Waals surface area contributed by atoms with Gasteiger partial charge in [-0.25, -0.2) is 4.39 Å². The maximum atomic E-state index is 13.4. The molecule has 1 aliphatic rings. The third kappa shape index (κ3) is 3.73. The van der Waals surface area contributed by atoms with E-state index < -0.39 is 0 Å². The van der Waals surface area contributed by atoms with Gasteiger partial charge in [-0.15, -0.1) is 0 Å². The van der Waals surface area contributed by atoms with Crippen LogP contribution in [0.1, 0.15) is 18.4 Å². The van der Waals surface area contributed by atoms with Crippen LogP contribution in [0.15, 0.2) is 42.5 Å². The van der Waals surface area contributed by atoms with Crippen molar-refractivity contribution in [3.8, 4) is 17.2 Å². The van der Waals surface area contributed by atoms with Crippen molar-refractivity contribution in [3.63, 3.8) is 0 Å². The van der Waals surface area contributed by atoms with Crippen molar-refractivity contribution in [2.24, 2.45) is 0 Å². The molecule has 0 radical (unpaired) electrons. The third-order valence-electron chi connectivity index (χ3n) is 3.47. The second-order valence-electron chi connectivity index (χ2n) is 5.18. The lowest BCUT2D eigenvalue weighted by molar-refractivity contribution is 0.412. The zero-order valence-corrected chi connectivity index (χ0v) is 11.9. The Hall–Kier alpha value is -2.07. The molecule has 1 aliphatic carbocycles. The topological polar surface area (TPSA) is 30.5 Å². The van der Waals surface area contributed by atoms with Gasteiger partial charge in [0.05, 0.1) is 7.11 Å². The Morgan fingerprint density at radius 1 is 1.10 bits per heavy atom. The Balaban J connectivity index is 1.75. The minimum absolute atomic E-state index is 0.246. The summed E-state index contributed by atoms with van der Waals surface area (Å²) in [6.07, 6.45) is 2.40. The van der Waals surface area contributed by atoms with Gasteiger partial charge in [-0.1, -0.05) is 0 Å². The number of halogens is 1. The Morgan fingerprint density at radius 2 is 1.81 bits per heavy atom. The molecule has 4 heteroatoms. The number of methoxy groups -OCH3 is 1. The molecule has 2 aromatic rings. The number of ether oxygens (including phenoxy) is 2. The fourth-order valence-electron chi connectivity index (χ4n) is 2.10. The molecule has 0 spiro atoms. The van der Waals surface area contributed by atoms with E-state index in [4.69, 9.17) is 9.47 Å². The molecule has 3 nitrogen and oxygen atoms in total. The fraction of sp³-hybridized carbons (Fsp3) is 0.294. The summed E-state index contributed by atoms with van der Waals surface area (Å²) in [5, 5.41) is 3.38. The Bertz CT molecular complexity index is 609. The molecule has 0 amide bonds. The van der Waals surface area contributed by atoms with E-state index >= 15 is 0 Å². The molecule has 0 saturated heterocycles. The lowest BCUT2D eigenvalue weighted by atomic mass is 10.2. The lowest BCUT2D eigenvalue weighted by Gasteiger charge is -2.12. The molecule has 0 aromatic heterocycles. The van der Waals surface area contributed by atoms with Crippen LogP contribution in [-0.4, -0.2) is 13.2 Å². The highest BCUT2D eigenvalue weighted by Crippen LogP contribution is 2.28. The normalized spacial score (nSPS) is 14.0. The standard InChI is InChI=1S/C17H18FNO2/c1-20-15-5-7-16(8-6-15)21-17-9-2-13(18)10-12(17)11-19-14-3-4-14/h2,5-10,14,19H,3-4,11H2,1H3. The average Bonchev–Trinajstić information content (AvgIpc) is 3.32. The summed E-state index contributed by atoms with van der Waals surface area (Å²) in [4.78, 5) is 0. The first-order valence-electron chi connectivity index (χ1n) is 7.08. The predicted octanol–water partition coefficient (Wildman–Crippen LogP) is 3.88. The minimum atomic E-state index is -0.246. The number of rotatable bonds is 6. The highest BCUT2D eigenvalue weighted by molar-refractivity contribution is 5.40. The zero-order chi connectivity index (χ0) is 14.7. The summed E-state index contributed by atoms with van der Waals surface area (Å²) in [5.41, 5.74) is 0.831. The lowest BCUT2D eigenvalue weighted by Crippen LogP contribution is -2.15. The maximum absolute atomic E-state index is 13.4. The summed E-state index contributed by atoms with van der Waals surface area (Å²) in [5.74, 6) is 1.91. The molecule has 0 bridgehead atoms. The van der Waals surface area contributed by atoms with Gasteiger partial charge in [0.1, 0.15) is 23.1 Å². The molecule has 0 unspecified atom stereocenters. The summed E-state index contributed by atoms with van der Waals surface area (Å²) in [6.45, 7) is 0.619. The zero-order valence-electron chi connectivity index (χ0n) is 11.9. The first kappa shape index (κ1) is 13.9. The van der Waals surface area contributed by atoms with E-state index in [1.54, 1.807) is 13.2 Å². The maximum Gasteiger partial charge on any atom is 0.132 e. The fourth-order valence-corrected chi connectivity index (χ4v) is 2.10. The van der Waals surface area contributed by atoms with Crippen molar-refractivity contribution in [2.75, 3.05) is 7.11 Å². The highest BCUT2D eigenvalue weighted by Gasteiger charge is 2.20. The van der Waals surface area contributed by atoms with Gasteiger partial charge in [0.15, 0.2) is 0 Å². The van der Waals surface area contributed by atoms with Crippen LogP contribution in [0.2, 0.25) is 0 Å². The first-order chi connectivity index (χ1) is 10.2. The highest BCUT2D eigenvalue weighted by atomic mass is 19.1. The summed E-state index contributed by atoms with van der Waals surface area (Å²) in [7, 11) is 1.62. The van der Waals surface area contributed by atoms with E-state index in [2.05, 4.69) is 5.32 Å². The van der Waals surface area contributed by atoms with Gasteiger partial charge in [0, 0.05) is 18.2 Å². The molecule has 21 heavy (non-hydrogen) atoms. The molecule has 0 aliphatic heterocycles. The molecular weight excluding hydrogens is 269 g/mol. The SMILES string of the molecule is COc1ccc(Oc2ccc(F)cc2CNC2CC2)cc1. The van der Waals surface area contributed by atoms with E-state index in [-0.39, 0.29) is 5.82 Å². The van der Waals surface area contributed by atoms with Gasteiger partial charge in [0.2, 0.25) is 0 Å². The van der Waals surface area contributed by atoms with E-state index in [0.717, 1.165) is 11.3 Å². The van der Waals surface area contributed by atoms with Crippen LogP contribution in [0.25, 0.3) is 0 Å². The Kier molecular flexibility index (Phi) is 4.06. The van der Waals surface area contributed by atoms with Gasteiger partial charge in [-0.2, -0.15) is 0 Å². The number of hydrogen-bond acceptors (Lipinski definition) is 3. The largest absolute Gasteiger partial charge is 0.497 e. The molecule has 3 rings (SSSR count). The van der Waals surface area contributed by atoms with E-state index in [1.807, 2.05) is 24.3 Å². The van der Waals surface area contributed by atoms with Crippen molar-refractivity contribution in [1.29, 1.82) is 0 Å². The van der Waals surface area contributed by atoms with Crippen LogP contribution in [0.3, 0.4) is 0 Å². The van der Waals surface area contributed by atoms with Gasteiger partial charge < -0.3 is 14.8 Å². The summed E-state index contributed by atoms with van der Waals surface area (Å²) in [6, 6.07) is 12.5. The molecular formula is C17H18FNO2. The average molecular weight is 287 g/mol. The number of hydrogen-bond donors (Lipinski definition) is 1. The van der Waals surface area contributed by atoms with Crippen LogP contribution in [0, 0.1) is 5.82 Å². The van der Waals surface area contributed by atoms with Crippen molar-refractivity contribution in [1.82, 2.24) is 5.32 Å². The molecule has 2 aromatic carbocycles. The molecule has 1 N–H and O–H groups in total. The molecule has 0 atom stereocenters. The molecule has 1 saturated carbocycles. The molecule has 0 heterocycles. The van der Waals surface area contributed by atoms with Crippen molar-refractivity contribution >= 4 is 0 Å². The van der Waals surface area contributed by atoms with Crippen molar-refractivity contribution in [3.05, 3.63) is 53.8 Å². The number of nitrogens with one attached hydrogen (secondary N) is 1. The van der Waals surface area contributed by atoms with Crippen LogP contribution in [-0.2, 0) is 6.54 Å². The van der Waals surface area contributed by atoms with Crippen molar-refractivity contribution < 1.29 is 13.9 Å². The summed E-state index contributed by atoms with van der Waals surface area (Å²) >= 11 is 0. The van der Waals surface area contributed by atoms with E-state index in [1.165, 1.54) is 25.0 Å². The Labute approximate surface area is 123 Å². The second-order valence-corrected chi connectivity index (χ2v) is 5.18. The molecule has 110 valence electrons. The van der Waals surface area contributed by atoms with Gasteiger partial charge in [-0.05, 0) is 55.3 Å². The quantitative estimate of drug-likeness (QED) is 0.874. The minimum Gasteiger partial charge on any atom is -0.497 e. The smallest absolute Gasteiger partial charge is 0.132 e.